The van der Waals surface area contributed by atoms with Crippen molar-refractivity contribution >= 4 is 22.0 Å². The molecule has 19 heavy (non-hydrogen) atoms. The van der Waals surface area contributed by atoms with E-state index in [0.717, 1.165) is 16.4 Å². The van der Waals surface area contributed by atoms with Crippen molar-refractivity contribution in [1.82, 2.24) is 9.97 Å². The largest absolute Gasteiger partial charge is 0.453 e. The first-order chi connectivity index (χ1) is 9.31. The second kappa shape index (κ2) is 3.62. The first-order valence-electron chi connectivity index (χ1n) is 5.90. The summed E-state index contributed by atoms with van der Waals surface area (Å²) < 4.78 is 5.74. The van der Waals surface area contributed by atoms with Crippen molar-refractivity contribution in [3.05, 3.63) is 58.9 Å². The average Bonchev–Trinajstić information content (AvgIpc) is 2.45. The van der Waals surface area contributed by atoms with E-state index in [0.29, 0.717) is 17.0 Å². The summed E-state index contributed by atoms with van der Waals surface area (Å²) in [5.41, 5.74) is 2.87. The van der Waals surface area contributed by atoms with Gasteiger partial charge in [-0.15, -0.1) is 0 Å². The molecule has 0 saturated carbocycles. The standard InChI is InChI=1S/C15H8N2O2/c18-9-3-4-12-14(8-9)19-13-6-5-11-10(15(13)17-12)2-1-7-16-11/h1-8H. The van der Waals surface area contributed by atoms with Gasteiger partial charge < -0.3 is 4.42 Å². The second-order valence-electron chi connectivity index (χ2n) is 4.33. The van der Waals surface area contributed by atoms with Crippen molar-refractivity contribution in [2.45, 2.75) is 0 Å². The maximum atomic E-state index is 11.3. The Bertz CT molecular complexity index is 943. The second-order valence-corrected chi connectivity index (χ2v) is 4.33. The van der Waals surface area contributed by atoms with Crippen LogP contribution in [0.3, 0.4) is 0 Å². The van der Waals surface area contributed by atoms with Gasteiger partial charge in [-0.05, 0) is 36.4 Å². The molecule has 0 unspecified atom stereocenters. The molecule has 0 bridgehead atoms. The highest BCUT2D eigenvalue weighted by Crippen LogP contribution is 2.27. The molecule has 1 aromatic heterocycles. The maximum absolute atomic E-state index is 11.3. The van der Waals surface area contributed by atoms with E-state index in [1.54, 1.807) is 12.3 Å². The number of rotatable bonds is 0. The summed E-state index contributed by atoms with van der Waals surface area (Å²) in [6, 6.07) is 12.2. The number of hydrogen-bond acceptors (Lipinski definition) is 4. The summed E-state index contributed by atoms with van der Waals surface area (Å²) >= 11 is 0. The minimum Gasteiger partial charge on any atom is -0.453 e. The number of hydrogen-bond donors (Lipinski definition) is 0. The molecule has 0 fully saturated rings. The lowest BCUT2D eigenvalue weighted by Gasteiger charge is -2.07. The number of aromatic nitrogens is 2. The Kier molecular flexibility index (Phi) is 1.94. The third-order valence-corrected chi connectivity index (χ3v) is 3.10. The van der Waals surface area contributed by atoms with Crippen LogP contribution in [0.15, 0.2) is 57.9 Å². The molecule has 0 atom stereocenters. The fourth-order valence-electron chi connectivity index (χ4n) is 2.22. The van der Waals surface area contributed by atoms with Crippen LogP contribution in [0.25, 0.3) is 33.5 Å². The lowest BCUT2D eigenvalue weighted by atomic mass is 10.1. The normalized spacial score (nSPS) is 11.4. The lowest BCUT2D eigenvalue weighted by Crippen LogP contribution is -1.99. The summed E-state index contributed by atoms with van der Waals surface area (Å²) in [4.78, 5) is 20.2. The van der Waals surface area contributed by atoms with Gasteiger partial charge in [-0.1, -0.05) is 0 Å². The Balaban J connectivity index is 2.24. The molecule has 0 saturated heterocycles. The van der Waals surface area contributed by atoms with Crippen molar-refractivity contribution in [3.63, 3.8) is 0 Å². The zero-order chi connectivity index (χ0) is 12.8. The summed E-state index contributed by atoms with van der Waals surface area (Å²) in [6.45, 7) is 0. The molecule has 0 N–H and O–H groups in total. The van der Waals surface area contributed by atoms with Crippen LogP contribution in [-0.2, 0) is 0 Å². The van der Waals surface area contributed by atoms with Crippen LogP contribution >= 0.6 is 0 Å². The molecule has 1 aliphatic heterocycles. The number of nitrogens with zero attached hydrogens (tertiary/aromatic N) is 2. The van der Waals surface area contributed by atoms with Gasteiger partial charge in [-0.2, -0.15) is 0 Å². The minimum atomic E-state index is -0.0835. The minimum absolute atomic E-state index is 0.0835. The Morgan fingerprint density at radius 2 is 2.00 bits per heavy atom. The Hall–Kier alpha value is -2.75. The fraction of sp³-hybridized carbons (Fsp3) is 0. The van der Waals surface area contributed by atoms with Gasteiger partial charge in [0.1, 0.15) is 11.2 Å². The van der Waals surface area contributed by atoms with E-state index in [1.165, 1.54) is 12.1 Å². The van der Waals surface area contributed by atoms with Gasteiger partial charge in [-0.25, -0.2) is 4.98 Å². The number of fused-ring (bicyclic) bond motifs is 4. The Labute approximate surface area is 107 Å². The molecule has 0 spiro atoms. The predicted molar refractivity (Wildman–Crippen MR) is 72.2 cm³/mol. The van der Waals surface area contributed by atoms with Gasteiger partial charge in [0.25, 0.3) is 0 Å². The Morgan fingerprint density at radius 3 is 2.95 bits per heavy atom. The van der Waals surface area contributed by atoms with Crippen LogP contribution in [0.1, 0.15) is 0 Å². The average molecular weight is 248 g/mol. The molecule has 2 heterocycles. The van der Waals surface area contributed by atoms with Crippen LogP contribution in [0.5, 0.6) is 0 Å². The smallest absolute Gasteiger partial charge is 0.182 e. The van der Waals surface area contributed by atoms with Gasteiger partial charge in [0.15, 0.2) is 16.8 Å². The van der Waals surface area contributed by atoms with Crippen LogP contribution < -0.4 is 5.43 Å². The van der Waals surface area contributed by atoms with Gasteiger partial charge in [0, 0.05) is 17.6 Å². The van der Waals surface area contributed by atoms with E-state index in [9.17, 15) is 4.79 Å². The summed E-state index contributed by atoms with van der Waals surface area (Å²) in [5.74, 6) is 0.503. The van der Waals surface area contributed by atoms with Crippen molar-refractivity contribution in [2.75, 3.05) is 0 Å². The van der Waals surface area contributed by atoms with E-state index >= 15 is 0 Å². The van der Waals surface area contributed by atoms with Crippen LogP contribution in [0.4, 0.5) is 0 Å². The van der Waals surface area contributed by atoms with Crippen molar-refractivity contribution in [3.8, 4) is 11.5 Å². The first-order valence-corrected chi connectivity index (χ1v) is 5.90. The molecular formula is C15H8N2O2. The summed E-state index contributed by atoms with van der Waals surface area (Å²) in [7, 11) is 0. The van der Waals surface area contributed by atoms with E-state index < -0.39 is 0 Å². The zero-order valence-electron chi connectivity index (χ0n) is 9.83. The van der Waals surface area contributed by atoms with E-state index in [2.05, 4.69) is 9.97 Å². The molecule has 4 heteroatoms. The third-order valence-electron chi connectivity index (χ3n) is 3.10. The van der Waals surface area contributed by atoms with E-state index in [1.807, 2.05) is 24.3 Å². The highest BCUT2D eigenvalue weighted by molar-refractivity contribution is 6.02. The lowest BCUT2D eigenvalue weighted by molar-refractivity contribution is 0.613. The highest BCUT2D eigenvalue weighted by atomic mass is 16.3. The SMILES string of the molecule is O=c1ccc2nc3c(ccc4ncccc43)oc-2c1. The van der Waals surface area contributed by atoms with Crippen molar-refractivity contribution in [2.24, 2.45) is 0 Å². The Morgan fingerprint density at radius 1 is 1.05 bits per heavy atom. The van der Waals surface area contributed by atoms with Gasteiger partial charge in [0.2, 0.25) is 0 Å². The number of benzene rings is 2. The molecular weight excluding hydrogens is 240 g/mol. The summed E-state index contributed by atoms with van der Waals surface area (Å²) in [6.07, 6.45) is 1.75. The molecule has 1 aromatic carbocycles. The molecule has 4 nitrogen and oxygen atoms in total. The summed E-state index contributed by atoms with van der Waals surface area (Å²) in [5, 5.41) is 0.942. The van der Waals surface area contributed by atoms with Crippen molar-refractivity contribution < 1.29 is 4.42 Å². The van der Waals surface area contributed by atoms with E-state index in [-0.39, 0.29) is 5.43 Å². The predicted octanol–water partition coefficient (Wildman–Crippen LogP) is 2.84. The quantitative estimate of drug-likeness (QED) is 0.354. The monoisotopic (exact) mass is 248 g/mol. The molecule has 90 valence electrons. The molecule has 2 aromatic rings. The topological polar surface area (TPSA) is 56.0 Å². The van der Waals surface area contributed by atoms with Gasteiger partial charge in [-0.3, -0.25) is 9.78 Å². The number of pyridine rings is 1. The maximum Gasteiger partial charge on any atom is 0.182 e. The molecule has 0 radical (unpaired) electrons. The zero-order valence-corrected chi connectivity index (χ0v) is 9.83. The third kappa shape index (κ3) is 1.50. The fourth-order valence-corrected chi connectivity index (χ4v) is 2.22. The van der Waals surface area contributed by atoms with E-state index in [4.69, 9.17) is 4.42 Å². The molecule has 4 rings (SSSR count). The van der Waals surface area contributed by atoms with Crippen LogP contribution in [0.2, 0.25) is 0 Å². The molecule has 1 aliphatic carbocycles. The van der Waals surface area contributed by atoms with Crippen molar-refractivity contribution in [1.29, 1.82) is 0 Å². The highest BCUT2D eigenvalue weighted by Gasteiger charge is 2.11. The molecule has 2 aliphatic rings. The molecule has 0 amide bonds. The van der Waals surface area contributed by atoms with Crippen LogP contribution in [0, 0.1) is 0 Å². The first kappa shape index (κ1) is 10.2. The van der Waals surface area contributed by atoms with Gasteiger partial charge >= 0.3 is 0 Å². The van der Waals surface area contributed by atoms with Gasteiger partial charge in [0.05, 0.1) is 5.52 Å². The van der Waals surface area contributed by atoms with Crippen LogP contribution in [-0.4, -0.2) is 9.97 Å².